The van der Waals surface area contributed by atoms with E-state index in [0.29, 0.717) is 11.1 Å². The Morgan fingerprint density at radius 1 is 0.714 bits per heavy atom. The number of rotatable bonds is 4. The predicted octanol–water partition coefficient (Wildman–Crippen LogP) is 3.40. The van der Waals surface area contributed by atoms with Crippen molar-refractivity contribution in [2.75, 3.05) is 0 Å². The molecule has 0 unspecified atom stereocenters. The van der Waals surface area contributed by atoms with Crippen LogP contribution in [-0.2, 0) is 6.20 Å². The fourth-order valence-corrected chi connectivity index (χ4v) is 4.35. The monoisotopic (exact) mass is 402 g/mol. The molecule has 0 saturated carbocycles. The molecule has 0 saturated heterocycles. The van der Waals surface area contributed by atoms with E-state index in [1.165, 1.54) is 0 Å². The number of carbonyl (C=O) groups excluding carboxylic acids is 2. The first-order chi connectivity index (χ1) is 9.98. The number of hydrogen-bond acceptors (Lipinski definition) is 4. The van der Waals surface area contributed by atoms with Gasteiger partial charge in [0.2, 0.25) is 0 Å². The average molecular weight is 400 g/mol. The topological polar surface area (TPSA) is 52.6 Å². The molecule has 0 amide bonds. The molecule has 2 aromatic carbocycles. The molecule has 2 aromatic rings. The van der Waals surface area contributed by atoms with Gasteiger partial charge in [-0.2, -0.15) is 0 Å². The van der Waals surface area contributed by atoms with E-state index in [9.17, 15) is 9.59 Å². The van der Waals surface area contributed by atoms with Crippen LogP contribution in [0.2, 0.25) is 9.94 Å². The molecular formula is C16H16O4Te. The van der Waals surface area contributed by atoms with Gasteiger partial charge in [-0.1, -0.05) is 0 Å². The molecule has 4 nitrogen and oxygen atoms in total. The first-order valence-corrected chi connectivity index (χ1v) is 12.9. The maximum absolute atomic E-state index is 12.0. The predicted molar refractivity (Wildman–Crippen MR) is 81.2 cm³/mol. The molecule has 2 rings (SSSR count). The first kappa shape index (κ1) is 15.6. The minimum absolute atomic E-state index is 0.452. The number of carbonyl (C=O) groups is 2. The van der Waals surface area contributed by atoms with E-state index >= 15 is 0 Å². The molecule has 0 spiro atoms. The molecule has 0 aromatic heterocycles. The van der Waals surface area contributed by atoms with Crippen molar-refractivity contribution in [3.8, 4) is 0 Å². The summed E-state index contributed by atoms with van der Waals surface area (Å²) in [6.07, 6.45) is 0. The SMILES string of the molecule is C[Te](C)(OC(=O)c1ccccc1)OC(=O)c1ccccc1. The van der Waals surface area contributed by atoms with Crippen LogP contribution in [0.4, 0.5) is 0 Å². The molecule has 110 valence electrons. The van der Waals surface area contributed by atoms with Crippen LogP contribution < -0.4 is 0 Å². The Morgan fingerprint density at radius 3 is 1.38 bits per heavy atom. The third-order valence-corrected chi connectivity index (χ3v) is 5.73. The molecular weight excluding hydrogens is 384 g/mol. The second kappa shape index (κ2) is 6.75. The van der Waals surface area contributed by atoms with Gasteiger partial charge in [0.1, 0.15) is 0 Å². The van der Waals surface area contributed by atoms with Crippen LogP contribution in [-0.4, -0.2) is 30.9 Å². The zero-order valence-electron chi connectivity index (χ0n) is 11.8. The summed E-state index contributed by atoms with van der Waals surface area (Å²) in [5.74, 6) is -0.912. The van der Waals surface area contributed by atoms with Gasteiger partial charge in [0.15, 0.2) is 0 Å². The van der Waals surface area contributed by atoms with E-state index in [-0.39, 0.29) is 0 Å². The van der Waals surface area contributed by atoms with Crippen LogP contribution in [0.15, 0.2) is 60.7 Å². The Labute approximate surface area is 128 Å². The van der Waals surface area contributed by atoms with Gasteiger partial charge in [-0.15, -0.1) is 0 Å². The summed E-state index contributed by atoms with van der Waals surface area (Å²) < 4.78 is 10.8. The second-order valence-corrected chi connectivity index (χ2v) is 12.1. The summed E-state index contributed by atoms with van der Waals surface area (Å²) in [6.45, 7) is 0. The van der Waals surface area contributed by atoms with E-state index in [4.69, 9.17) is 6.20 Å². The standard InChI is InChI=1S/C16H16O4Te/c1-21(2,19-15(17)13-9-5-3-6-10-13)20-16(18)14-11-7-4-8-12-14/h3-12H,1-2H3. The van der Waals surface area contributed by atoms with Gasteiger partial charge in [0.25, 0.3) is 0 Å². The van der Waals surface area contributed by atoms with Crippen molar-refractivity contribution >= 4 is 30.9 Å². The number of benzene rings is 2. The summed E-state index contributed by atoms with van der Waals surface area (Å²) >= 11 is -3.46. The van der Waals surface area contributed by atoms with E-state index < -0.39 is 30.9 Å². The summed E-state index contributed by atoms with van der Waals surface area (Å²) in [5, 5.41) is 0. The molecule has 0 atom stereocenters. The van der Waals surface area contributed by atoms with Crippen molar-refractivity contribution in [1.29, 1.82) is 0 Å². The third kappa shape index (κ3) is 4.59. The second-order valence-electron chi connectivity index (χ2n) is 4.62. The van der Waals surface area contributed by atoms with Crippen molar-refractivity contribution < 1.29 is 15.8 Å². The molecule has 5 heteroatoms. The third-order valence-electron chi connectivity index (χ3n) is 2.57. The van der Waals surface area contributed by atoms with E-state index in [0.717, 1.165) is 0 Å². The molecule has 0 N–H and O–H groups in total. The van der Waals surface area contributed by atoms with E-state index in [2.05, 4.69) is 0 Å². The van der Waals surface area contributed by atoms with Gasteiger partial charge in [-0.3, -0.25) is 0 Å². The van der Waals surface area contributed by atoms with E-state index in [1.54, 1.807) is 58.5 Å². The minimum atomic E-state index is -3.46. The van der Waals surface area contributed by atoms with Crippen molar-refractivity contribution in [3.63, 3.8) is 0 Å². The van der Waals surface area contributed by atoms with Gasteiger partial charge in [-0.05, 0) is 0 Å². The van der Waals surface area contributed by atoms with Crippen LogP contribution in [0, 0.1) is 0 Å². The van der Waals surface area contributed by atoms with Crippen LogP contribution in [0.3, 0.4) is 0 Å². The average Bonchev–Trinajstić information content (AvgIpc) is 2.48. The zero-order valence-corrected chi connectivity index (χ0v) is 14.1. The van der Waals surface area contributed by atoms with Crippen molar-refractivity contribution in [2.24, 2.45) is 0 Å². The Balaban J connectivity index is 2.02. The molecule has 0 radical (unpaired) electrons. The quantitative estimate of drug-likeness (QED) is 0.739. The van der Waals surface area contributed by atoms with Crippen LogP contribution >= 0.6 is 0 Å². The summed E-state index contributed by atoms with van der Waals surface area (Å²) in [5.41, 5.74) is 0.903. The molecule has 0 heterocycles. The molecule has 0 aliphatic heterocycles. The Bertz CT molecular complexity index is 568. The van der Waals surface area contributed by atoms with Crippen LogP contribution in [0.25, 0.3) is 0 Å². The van der Waals surface area contributed by atoms with E-state index in [1.807, 2.05) is 12.1 Å². The first-order valence-electron chi connectivity index (χ1n) is 6.29. The molecule has 0 bridgehead atoms. The molecule has 0 aliphatic rings. The van der Waals surface area contributed by atoms with Gasteiger partial charge in [0.05, 0.1) is 0 Å². The number of hydrogen-bond donors (Lipinski definition) is 0. The summed E-state index contributed by atoms with van der Waals surface area (Å²) in [7, 11) is 0. The van der Waals surface area contributed by atoms with Gasteiger partial charge >= 0.3 is 128 Å². The van der Waals surface area contributed by atoms with Crippen LogP contribution in [0.1, 0.15) is 20.7 Å². The molecule has 0 fully saturated rings. The fraction of sp³-hybridized carbons (Fsp3) is 0.125. The van der Waals surface area contributed by atoms with Gasteiger partial charge < -0.3 is 0 Å². The van der Waals surface area contributed by atoms with Crippen molar-refractivity contribution in [1.82, 2.24) is 0 Å². The fourth-order valence-electron chi connectivity index (χ4n) is 1.63. The normalized spacial score (nSPS) is 11.5. The van der Waals surface area contributed by atoms with Crippen molar-refractivity contribution in [3.05, 3.63) is 71.8 Å². The van der Waals surface area contributed by atoms with Gasteiger partial charge in [0, 0.05) is 0 Å². The zero-order chi connectivity index (χ0) is 15.3. The van der Waals surface area contributed by atoms with Crippen LogP contribution in [0.5, 0.6) is 0 Å². The Morgan fingerprint density at radius 2 is 1.05 bits per heavy atom. The molecule has 0 aliphatic carbocycles. The Kier molecular flexibility index (Phi) is 5.00. The summed E-state index contributed by atoms with van der Waals surface area (Å²) in [6, 6.07) is 17.3. The van der Waals surface area contributed by atoms with Gasteiger partial charge in [-0.25, -0.2) is 0 Å². The Hall–Kier alpha value is -1.83. The summed E-state index contributed by atoms with van der Waals surface area (Å²) in [4.78, 5) is 27.4. The maximum atomic E-state index is 12.0. The molecule has 21 heavy (non-hydrogen) atoms. The van der Waals surface area contributed by atoms with Crippen molar-refractivity contribution in [2.45, 2.75) is 9.94 Å².